The third kappa shape index (κ3) is 1.96. The maximum absolute atomic E-state index is 10.9. The Hall–Kier alpha value is -1.94. The number of benzene rings is 1. The third-order valence-corrected chi connectivity index (χ3v) is 4.07. The zero-order valence-corrected chi connectivity index (χ0v) is 11.4. The second-order valence-electron chi connectivity index (χ2n) is 5.15. The van der Waals surface area contributed by atoms with E-state index in [9.17, 15) is 4.79 Å². The lowest BCUT2D eigenvalue weighted by Crippen LogP contribution is -2.43. The molecule has 2 aliphatic heterocycles. The van der Waals surface area contributed by atoms with Gasteiger partial charge in [-0.3, -0.25) is 4.79 Å². The highest BCUT2D eigenvalue weighted by Gasteiger charge is 2.42. The van der Waals surface area contributed by atoms with Crippen molar-refractivity contribution in [3.05, 3.63) is 35.9 Å². The maximum Gasteiger partial charge on any atom is 0.303 e. The van der Waals surface area contributed by atoms with Gasteiger partial charge >= 0.3 is 5.97 Å². The minimum Gasteiger partial charge on any atom is -0.481 e. The number of aliphatic carboxylic acids is 1. The lowest BCUT2D eigenvalue weighted by Gasteiger charge is -2.36. The fourth-order valence-electron chi connectivity index (χ4n) is 2.96. The molecule has 1 atom stereocenters. The molecular formula is C16H17NO3. The first-order valence-corrected chi connectivity index (χ1v) is 6.91. The van der Waals surface area contributed by atoms with E-state index in [2.05, 4.69) is 6.07 Å². The average Bonchev–Trinajstić information content (AvgIpc) is 2.85. The Labute approximate surface area is 117 Å². The van der Waals surface area contributed by atoms with Gasteiger partial charge in [-0.2, -0.15) is 0 Å². The fourth-order valence-corrected chi connectivity index (χ4v) is 2.96. The Morgan fingerprint density at radius 3 is 3.00 bits per heavy atom. The van der Waals surface area contributed by atoms with E-state index in [4.69, 9.17) is 14.8 Å². The van der Waals surface area contributed by atoms with Crippen LogP contribution in [-0.2, 0) is 9.53 Å². The van der Waals surface area contributed by atoms with Gasteiger partial charge in [-0.1, -0.05) is 25.1 Å². The summed E-state index contributed by atoms with van der Waals surface area (Å²) in [6, 6.07) is 8.00. The molecule has 20 heavy (non-hydrogen) atoms. The monoisotopic (exact) mass is 271 g/mol. The quantitative estimate of drug-likeness (QED) is 0.914. The number of carboxylic acids is 1. The van der Waals surface area contributed by atoms with Gasteiger partial charge < -0.3 is 9.84 Å². The number of para-hydroxylation sites is 1. The number of aliphatic imine (C=N–C) groups is 1. The predicted molar refractivity (Wildman–Crippen MR) is 77.4 cm³/mol. The van der Waals surface area contributed by atoms with Crippen molar-refractivity contribution in [3.8, 4) is 0 Å². The molecule has 1 N–H and O–H groups in total. The summed E-state index contributed by atoms with van der Waals surface area (Å²) in [6.07, 6.45) is 3.32. The zero-order chi connectivity index (χ0) is 14.2. The zero-order valence-electron chi connectivity index (χ0n) is 11.4. The molecule has 0 spiro atoms. The summed E-state index contributed by atoms with van der Waals surface area (Å²) < 4.78 is 5.94. The molecule has 0 radical (unpaired) electrons. The van der Waals surface area contributed by atoms with Gasteiger partial charge in [-0.05, 0) is 25.0 Å². The summed E-state index contributed by atoms with van der Waals surface area (Å²) in [5, 5.41) is 8.96. The highest BCUT2D eigenvalue weighted by Crippen LogP contribution is 2.43. The summed E-state index contributed by atoms with van der Waals surface area (Å²) >= 11 is 0. The van der Waals surface area contributed by atoms with Gasteiger partial charge in [0.2, 0.25) is 0 Å². The molecular weight excluding hydrogens is 254 g/mol. The van der Waals surface area contributed by atoms with Crippen molar-refractivity contribution in [3.63, 3.8) is 0 Å². The van der Waals surface area contributed by atoms with Crippen LogP contribution in [0.1, 0.15) is 31.7 Å². The van der Waals surface area contributed by atoms with Gasteiger partial charge in [0, 0.05) is 17.6 Å². The highest BCUT2D eigenvalue weighted by atomic mass is 16.5. The Morgan fingerprint density at radius 2 is 2.25 bits per heavy atom. The first-order chi connectivity index (χ1) is 9.66. The molecule has 4 nitrogen and oxygen atoms in total. The van der Waals surface area contributed by atoms with Gasteiger partial charge in [0.05, 0.1) is 18.0 Å². The molecule has 0 bridgehead atoms. The van der Waals surface area contributed by atoms with E-state index >= 15 is 0 Å². The van der Waals surface area contributed by atoms with Crippen molar-refractivity contribution in [1.29, 1.82) is 0 Å². The molecule has 0 aliphatic carbocycles. The first kappa shape index (κ1) is 13.1. The number of carboxylic acid groups (broad SMARTS) is 1. The lowest BCUT2D eigenvalue weighted by molar-refractivity contribution is -0.138. The van der Waals surface area contributed by atoms with E-state index in [0.717, 1.165) is 29.0 Å². The molecule has 1 aromatic carbocycles. The second kappa shape index (κ2) is 4.87. The van der Waals surface area contributed by atoms with Crippen LogP contribution in [0.5, 0.6) is 0 Å². The summed E-state index contributed by atoms with van der Waals surface area (Å²) in [5.74, 6) is -0.798. The van der Waals surface area contributed by atoms with E-state index in [1.54, 1.807) is 0 Å². The van der Waals surface area contributed by atoms with Gasteiger partial charge in [0.15, 0.2) is 0 Å². The molecule has 1 aromatic rings. The normalized spacial score (nSPS) is 23.6. The van der Waals surface area contributed by atoms with E-state index in [-0.39, 0.29) is 6.42 Å². The topological polar surface area (TPSA) is 58.9 Å². The van der Waals surface area contributed by atoms with Gasteiger partial charge in [-0.25, -0.2) is 4.99 Å². The van der Waals surface area contributed by atoms with Crippen LogP contribution in [-0.4, -0.2) is 29.0 Å². The SMILES string of the molecule is CCC1(CCC(=O)O)OCC=C2C1=Nc1ccccc12. The average molecular weight is 271 g/mol. The standard InChI is InChI=1S/C16H17NO3/c1-2-16(9-7-14(18)19)15-12(8-10-20-16)11-5-3-4-6-13(11)17-15/h3-6,8H,2,7,9-10H2,1H3,(H,18,19). The molecule has 0 amide bonds. The summed E-state index contributed by atoms with van der Waals surface area (Å²) in [6.45, 7) is 2.53. The van der Waals surface area contributed by atoms with Crippen LogP contribution in [0.4, 0.5) is 5.69 Å². The van der Waals surface area contributed by atoms with Gasteiger partial charge in [0.25, 0.3) is 0 Å². The van der Waals surface area contributed by atoms with E-state index in [1.807, 2.05) is 31.2 Å². The number of nitrogens with zero attached hydrogens (tertiary/aromatic N) is 1. The summed E-state index contributed by atoms with van der Waals surface area (Å²) in [7, 11) is 0. The van der Waals surface area contributed by atoms with Crippen molar-refractivity contribution >= 4 is 22.9 Å². The van der Waals surface area contributed by atoms with E-state index in [0.29, 0.717) is 13.0 Å². The highest BCUT2D eigenvalue weighted by molar-refractivity contribution is 6.32. The van der Waals surface area contributed by atoms with Gasteiger partial charge in [-0.15, -0.1) is 0 Å². The minimum atomic E-state index is -0.798. The van der Waals surface area contributed by atoms with Crippen LogP contribution in [0.25, 0.3) is 5.57 Å². The molecule has 3 rings (SSSR count). The number of hydrogen-bond acceptors (Lipinski definition) is 3. The van der Waals surface area contributed by atoms with Crippen molar-refractivity contribution in [1.82, 2.24) is 0 Å². The van der Waals surface area contributed by atoms with Crippen molar-refractivity contribution in [2.45, 2.75) is 31.8 Å². The van der Waals surface area contributed by atoms with Crippen LogP contribution in [0.15, 0.2) is 35.3 Å². The number of ether oxygens (including phenoxy) is 1. The molecule has 104 valence electrons. The number of hydrogen-bond donors (Lipinski definition) is 1. The Kier molecular flexibility index (Phi) is 3.18. The van der Waals surface area contributed by atoms with E-state index in [1.165, 1.54) is 0 Å². The molecule has 1 unspecified atom stereocenters. The Morgan fingerprint density at radius 1 is 1.45 bits per heavy atom. The second-order valence-corrected chi connectivity index (χ2v) is 5.15. The Bertz CT molecular complexity index is 618. The van der Waals surface area contributed by atoms with Crippen LogP contribution in [0, 0.1) is 0 Å². The third-order valence-electron chi connectivity index (χ3n) is 4.07. The van der Waals surface area contributed by atoms with Crippen LogP contribution in [0.2, 0.25) is 0 Å². The smallest absolute Gasteiger partial charge is 0.303 e. The number of fused-ring (bicyclic) bond motifs is 3. The fraction of sp³-hybridized carbons (Fsp3) is 0.375. The molecule has 0 aromatic heterocycles. The molecule has 2 heterocycles. The molecule has 2 aliphatic rings. The molecule has 0 saturated carbocycles. The minimum absolute atomic E-state index is 0.0937. The number of rotatable bonds is 4. The van der Waals surface area contributed by atoms with Crippen LogP contribution in [0.3, 0.4) is 0 Å². The predicted octanol–water partition coefficient (Wildman–Crippen LogP) is 3.20. The van der Waals surface area contributed by atoms with Crippen LogP contribution < -0.4 is 0 Å². The largest absolute Gasteiger partial charge is 0.481 e. The summed E-state index contributed by atoms with van der Waals surface area (Å²) in [5.41, 5.74) is 3.51. The molecule has 0 fully saturated rings. The van der Waals surface area contributed by atoms with Gasteiger partial charge in [0.1, 0.15) is 5.60 Å². The first-order valence-electron chi connectivity index (χ1n) is 6.91. The molecule has 4 heteroatoms. The van der Waals surface area contributed by atoms with Crippen molar-refractivity contribution in [2.24, 2.45) is 4.99 Å². The van der Waals surface area contributed by atoms with Crippen LogP contribution >= 0.6 is 0 Å². The van der Waals surface area contributed by atoms with Crippen molar-refractivity contribution < 1.29 is 14.6 Å². The lowest BCUT2D eigenvalue weighted by atomic mass is 9.82. The number of carbonyl (C=O) groups is 1. The maximum atomic E-state index is 10.9. The summed E-state index contributed by atoms with van der Waals surface area (Å²) in [4.78, 5) is 15.6. The van der Waals surface area contributed by atoms with E-state index < -0.39 is 11.6 Å². The van der Waals surface area contributed by atoms with Crippen molar-refractivity contribution in [2.75, 3.05) is 6.61 Å². The Balaban J connectivity index is 2.00. The molecule has 0 saturated heterocycles.